The van der Waals surface area contributed by atoms with Gasteiger partial charge in [-0.3, -0.25) is 9.48 Å². The Balaban J connectivity index is 2.19. The fourth-order valence-corrected chi connectivity index (χ4v) is 2.29. The highest BCUT2D eigenvalue weighted by Crippen LogP contribution is 2.22. The van der Waals surface area contributed by atoms with Gasteiger partial charge in [-0.1, -0.05) is 12.1 Å². The second-order valence-corrected chi connectivity index (χ2v) is 7.23. The molecule has 130 valence electrons. The third-order valence-electron chi connectivity index (χ3n) is 4.81. The third kappa shape index (κ3) is 3.85. The van der Waals surface area contributed by atoms with Crippen molar-refractivity contribution in [1.29, 1.82) is 0 Å². The maximum atomic E-state index is 12.4. The van der Waals surface area contributed by atoms with Crippen molar-refractivity contribution < 1.29 is 4.79 Å². The van der Waals surface area contributed by atoms with Crippen molar-refractivity contribution >= 4 is 5.91 Å². The minimum absolute atomic E-state index is 0.110. The highest BCUT2D eigenvalue weighted by Gasteiger charge is 2.22. The SMILES string of the molecule is Cc1ccc(-c2cc(C(=O)NCC(C)(C)N(C)C)nn2C)cc1C. The predicted octanol–water partition coefficient (Wildman–Crippen LogP) is 2.77. The number of hydrogen-bond donors (Lipinski definition) is 1. The van der Waals surface area contributed by atoms with E-state index in [1.807, 2.05) is 27.2 Å². The average molecular weight is 328 g/mol. The summed E-state index contributed by atoms with van der Waals surface area (Å²) >= 11 is 0. The molecule has 0 bridgehead atoms. The monoisotopic (exact) mass is 328 g/mol. The molecule has 0 aliphatic heterocycles. The Morgan fingerprint density at radius 3 is 2.46 bits per heavy atom. The van der Waals surface area contributed by atoms with Crippen molar-refractivity contribution in [2.45, 2.75) is 33.2 Å². The number of nitrogens with one attached hydrogen (secondary N) is 1. The van der Waals surface area contributed by atoms with Gasteiger partial charge >= 0.3 is 0 Å². The van der Waals surface area contributed by atoms with Gasteiger partial charge in [0.15, 0.2) is 5.69 Å². The first-order valence-electron chi connectivity index (χ1n) is 8.19. The molecule has 0 atom stereocenters. The molecule has 1 heterocycles. The number of aryl methyl sites for hydroxylation is 3. The Morgan fingerprint density at radius 2 is 1.88 bits per heavy atom. The average Bonchev–Trinajstić information content (AvgIpc) is 2.89. The van der Waals surface area contributed by atoms with Crippen molar-refractivity contribution in [2.24, 2.45) is 7.05 Å². The highest BCUT2D eigenvalue weighted by atomic mass is 16.1. The Hall–Kier alpha value is -2.14. The summed E-state index contributed by atoms with van der Waals surface area (Å²) in [6.07, 6.45) is 0. The van der Waals surface area contributed by atoms with E-state index in [0.29, 0.717) is 12.2 Å². The van der Waals surface area contributed by atoms with Crippen LogP contribution in [0.15, 0.2) is 24.3 Å². The van der Waals surface area contributed by atoms with Crippen molar-refractivity contribution in [3.05, 3.63) is 41.1 Å². The van der Waals surface area contributed by atoms with Gasteiger partial charge < -0.3 is 10.2 Å². The Morgan fingerprint density at radius 1 is 1.21 bits per heavy atom. The largest absolute Gasteiger partial charge is 0.349 e. The zero-order chi connectivity index (χ0) is 18.1. The molecule has 2 aromatic rings. The van der Waals surface area contributed by atoms with E-state index in [0.717, 1.165) is 11.3 Å². The van der Waals surface area contributed by atoms with E-state index in [4.69, 9.17) is 0 Å². The van der Waals surface area contributed by atoms with Gasteiger partial charge in [0.25, 0.3) is 5.91 Å². The first kappa shape index (κ1) is 18.2. The molecule has 0 fully saturated rings. The minimum Gasteiger partial charge on any atom is -0.349 e. The molecule has 1 aromatic heterocycles. The van der Waals surface area contributed by atoms with Crippen LogP contribution in [0.2, 0.25) is 0 Å². The molecule has 1 aromatic carbocycles. The first-order chi connectivity index (χ1) is 11.1. The summed E-state index contributed by atoms with van der Waals surface area (Å²) < 4.78 is 1.76. The first-order valence-corrected chi connectivity index (χ1v) is 8.19. The van der Waals surface area contributed by atoms with Crippen LogP contribution < -0.4 is 5.32 Å². The van der Waals surface area contributed by atoms with Crippen molar-refractivity contribution in [1.82, 2.24) is 20.0 Å². The molecule has 0 radical (unpaired) electrons. The number of rotatable bonds is 5. The molecule has 0 saturated carbocycles. The van der Waals surface area contributed by atoms with Crippen LogP contribution in [-0.4, -0.2) is 46.8 Å². The van der Waals surface area contributed by atoms with Crippen LogP contribution in [0.1, 0.15) is 35.5 Å². The zero-order valence-electron chi connectivity index (χ0n) is 15.8. The van der Waals surface area contributed by atoms with E-state index >= 15 is 0 Å². The molecule has 1 amide bonds. The number of aromatic nitrogens is 2. The van der Waals surface area contributed by atoms with Gasteiger partial charge in [-0.25, -0.2) is 0 Å². The normalized spacial score (nSPS) is 11.8. The number of carbonyl (C=O) groups excluding carboxylic acids is 1. The van der Waals surface area contributed by atoms with E-state index in [-0.39, 0.29) is 11.4 Å². The minimum atomic E-state index is -0.143. The standard InChI is InChI=1S/C19H28N4O/c1-13-8-9-15(10-14(13)2)17-11-16(21-23(17)7)18(24)20-12-19(3,4)22(5)6/h8-11H,12H2,1-7H3,(H,20,24). The van der Waals surface area contributed by atoms with Crippen LogP contribution in [-0.2, 0) is 7.05 Å². The third-order valence-corrected chi connectivity index (χ3v) is 4.81. The summed E-state index contributed by atoms with van der Waals surface area (Å²) in [7, 11) is 5.88. The molecule has 2 rings (SSSR count). The lowest BCUT2D eigenvalue weighted by Gasteiger charge is -2.32. The summed E-state index contributed by atoms with van der Waals surface area (Å²) in [6.45, 7) is 8.92. The number of hydrogen-bond acceptors (Lipinski definition) is 3. The van der Waals surface area contributed by atoms with Gasteiger partial charge in [-0.2, -0.15) is 5.10 Å². The van der Waals surface area contributed by atoms with E-state index in [2.05, 4.69) is 61.2 Å². The number of amides is 1. The second kappa shape index (κ2) is 6.77. The Kier molecular flexibility index (Phi) is 5.13. The van der Waals surface area contributed by atoms with Crippen LogP contribution in [0.4, 0.5) is 0 Å². The molecule has 24 heavy (non-hydrogen) atoms. The molecular weight excluding hydrogens is 300 g/mol. The summed E-state index contributed by atoms with van der Waals surface area (Å²) in [5.74, 6) is -0.143. The van der Waals surface area contributed by atoms with Gasteiger partial charge in [0, 0.05) is 24.7 Å². The van der Waals surface area contributed by atoms with Crippen LogP contribution in [0.5, 0.6) is 0 Å². The lowest BCUT2D eigenvalue weighted by atomic mass is 10.0. The lowest BCUT2D eigenvalue weighted by Crippen LogP contribution is -2.48. The van der Waals surface area contributed by atoms with Crippen LogP contribution >= 0.6 is 0 Å². The van der Waals surface area contributed by atoms with Gasteiger partial charge in [0.1, 0.15) is 0 Å². The van der Waals surface area contributed by atoms with E-state index in [1.165, 1.54) is 11.1 Å². The number of benzene rings is 1. The number of carbonyl (C=O) groups is 1. The van der Waals surface area contributed by atoms with Crippen molar-refractivity contribution in [3.63, 3.8) is 0 Å². The van der Waals surface area contributed by atoms with E-state index in [1.54, 1.807) is 4.68 Å². The molecule has 0 spiro atoms. The maximum absolute atomic E-state index is 12.4. The van der Waals surface area contributed by atoms with Gasteiger partial charge in [-0.15, -0.1) is 0 Å². The van der Waals surface area contributed by atoms with Crippen LogP contribution in [0, 0.1) is 13.8 Å². The summed E-state index contributed by atoms with van der Waals surface area (Å²) in [5.41, 5.74) is 4.83. The smallest absolute Gasteiger partial charge is 0.271 e. The van der Waals surface area contributed by atoms with Crippen molar-refractivity contribution in [3.8, 4) is 11.3 Å². The molecule has 5 nitrogen and oxygen atoms in total. The zero-order valence-corrected chi connectivity index (χ0v) is 15.8. The molecule has 5 heteroatoms. The highest BCUT2D eigenvalue weighted by molar-refractivity contribution is 5.93. The summed E-state index contributed by atoms with van der Waals surface area (Å²) in [6, 6.07) is 8.14. The molecule has 1 N–H and O–H groups in total. The van der Waals surface area contributed by atoms with Crippen LogP contribution in [0.3, 0.4) is 0 Å². The van der Waals surface area contributed by atoms with Gasteiger partial charge in [0.05, 0.1) is 5.69 Å². The van der Waals surface area contributed by atoms with Gasteiger partial charge in [0.2, 0.25) is 0 Å². The molecule has 0 saturated heterocycles. The molecule has 0 aliphatic rings. The lowest BCUT2D eigenvalue weighted by molar-refractivity contribution is 0.0914. The predicted molar refractivity (Wildman–Crippen MR) is 98.2 cm³/mol. The van der Waals surface area contributed by atoms with Crippen molar-refractivity contribution in [2.75, 3.05) is 20.6 Å². The summed E-state index contributed by atoms with van der Waals surface area (Å²) in [4.78, 5) is 14.5. The molecule has 0 unspecified atom stereocenters. The van der Waals surface area contributed by atoms with Crippen LogP contribution in [0.25, 0.3) is 11.3 Å². The fourth-order valence-electron chi connectivity index (χ4n) is 2.29. The van der Waals surface area contributed by atoms with Gasteiger partial charge in [-0.05, 0) is 65.0 Å². The second-order valence-electron chi connectivity index (χ2n) is 7.23. The topological polar surface area (TPSA) is 50.2 Å². The number of nitrogens with zero attached hydrogens (tertiary/aromatic N) is 3. The molecular formula is C19H28N4O. The number of likely N-dealkylation sites (N-methyl/N-ethyl adjacent to an activating group) is 1. The maximum Gasteiger partial charge on any atom is 0.271 e. The fraction of sp³-hybridized carbons (Fsp3) is 0.474. The van der Waals surface area contributed by atoms with E-state index in [9.17, 15) is 4.79 Å². The summed E-state index contributed by atoms with van der Waals surface area (Å²) in [5, 5.41) is 7.35. The quantitative estimate of drug-likeness (QED) is 0.918. The van der Waals surface area contributed by atoms with E-state index < -0.39 is 0 Å². The Bertz CT molecular complexity index is 744. The Labute approximate surface area is 144 Å². The molecule has 0 aliphatic carbocycles.